The van der Waals surface area contributed by atoms with Crippen molar-refractivity contribution in [3.8, 4) is 5.75 Å². The van der Waals surface area contributed by atoms with Crippen molar-refractivity contribution in [3.05, 3.63) is 29.8 Å². The molecule has 1 rings (SSSR count). The Hall–Kier alpha value is -1.06. The van der Waals surface area contributed by atoms with Crippen LogP contribution in [0.5, 0.6) is 5.75 Å². The minimum absolute atomic E-state index is 0.0203. The fourth-order valence-corrected chi connectivity index (χ4v) is 1.88. The number of hydrogen-bond acceptors (Lipinski definition) is 3. The predicted octanol–water partition coefficient (Wildman–Crippen LogP) is 2.90. The summed E-state index contributed by atoms with van der Waals surface area (Å²) >= 11 is 0. The molecule has 0 radical (unpaired) electrons. The van der Waals surface area contributed by atoms with Crippen molar-refractivity contribution in [2.45, 2.75) is 45.4 Å². The van der Waals surface area contributed by atoms with Crippen LogP contribution in [0.2, 0.25) is 0 Å². The summed E-state index contributed by atoms with van der Waals surface area (Å²) in [5.41, 5.74) is 7.24. The lowest BCUT2D eigenvalue weighted by Crippen LogP contribution is -2.28. The largest absolute Gasteiger partial charge is 0.491 e. The lowest BCUT2D eigenvalue weighted by Gasteiger charge is -2.24. The van der Waals surface area contributed by atoms with Gasteiger partial charge in [-0.1, -0.05) is 25.1 Å². The quantitative estimate of drug-likeness (QED) is 0.827. The molecule has 96 valence electrons. The maximum absolute atomic E-state index is 6.23. The first kappa shape index (κ1) is 14.0. The predicted molar refractivity (Wildman–Crippen MR) is 70.2 cm³/mol. The van der Waals surface area contributed by atoms with Crippen LogP contribution in [-0.4, -0.2) is 19.3 Å². The van der Waals surface area contributed by atoms with Crippen molar-refractivity contribution in [1.82, 2.24) is 0 Å². The highest BCUT2D eigenvalue weighted by atomic mass is 16.5. The van der Waals surface area contributed by atoms with Crippen LogP contribution in [0.1, 0.15) is 38.8 Å². The first-order valence-corrected chi connectivity index (χ1v) is 6.14. The van der Waals surface area contributed by atoms with E-state index in [1.807, 2.05) is 38.1 Å². The van der Waals surface area contributed by atoms with Gasteiger partial charge in [-0.25, -0.2) is 0 Å². The fraction of sp³-hybridized carbons (Fsp3) is 0.571. The summed E-state index contributed by atoms with van der Waals surface area (Å²) in [7, 11) is 1.69. The zero-order valence-corrected chi connectivity index (χ0v) is 11.1. The molecule has 0 heterocycles. The van der Waals surface area contributed by atoms with E-state index in [1.54, 1.807) is 7.11 Å². The van der Waals surface area contributed by atoms with Crippen LogP contribution in [0.15, 0.2) is 24.3 Å². The van der Waals surface area contributed by atoms with Crippen molar-refractivity contribution in [1.29, 1.82) is 0 Å². The Morgan fingerprint density at radius 2 is 1.88 bits per heavy atom. The molecule has 2 unspecified atom stereocenters. The van der Waals surface area contributed by atoms with Crippen LogP contribution in [0.3, 0.4) is 0 Å². The van der Waals surface area contributed by atoms with E-state index in [-0.39, 0.29) is 18.2 Å². The van der Waals surface area contributed by atoms with Crippen molar-refractivity contribution < 1.29 is 9.47 Å². The molecular weight excluding hydrogens is 214 g/mol. The maximum atomic E-state index is 6.23. The first-order chi connectivity index (χ1) is 8.10. The van der Waals surface area contributed by atoms with Gasteiger partial charge in [0.25, 0.3) is 0 Å². The third-order valence-corrected chi connectivity index (χ3v) is 2.75. The molecular formula is C14H23NO2. The summed E-state index contributed by atoms with van der Waals surface area (Å²) in [4.78, 5) is 0. The molecule has 17 heavy (non-hydrogen) atoms. The molecule has 2 atom stereocenters. The van der Waals surface area contributed by atoms with E-state index in [9.17, 15) is 0 Å². The molecule has 0 saturated heterocycles. The van der Waals surface area contributed by atoms with Crippen LogP contribution >= 0.6 is 0 Å². The summed E-state index contributed by atoms with van der Waals surface area (Å²) in [6.07, 6.45) is 1.05. The van der Waals surface area contributed by atoms with Crippen LogP contribution in [-0.2, 0) is 4.74 Å². The minimum Gasteiger partial charge on any atom is -0.491 e. The van der Waals surface area contributed by atoms with Crippen molar-refractivity contribution in [3.63, 3.8) is 0 Å². The van der Waals surface area contributed by atoms with Gasteiger partial charge in [-0.2, -0.15) is 0 Å². The van der Waals surface area contributed by atoms with Crippen molar-refractivity contribution in [2.75, 3.05) is 7.11 Å². The molecule has 0 amide bonds. The Bertz CT molecular complexity index is 335. The standard InChI is InChI=1S/C14H23NO2/c1-5-12(16-4)14(15)11-8-6-7-9-13(11)17-10(2)3/h6-10,12,14H,5,15H2,1-4H3. The highest BCUT2D eigenvalue weighted by Crippen LogP contribution is 2.28. The average molecular weight is 237 g/mol. The van der Waals surface area contributed by atoms with Gasteiger partial charge in [0.2, 0.25) is 0 Å². The Morgan fingerprint density at radius 3 is 2.41 bits per heavy atom. The molecule has 3 nitrogen and oxygen atoms in total. The van der Waals surface area contributed by atoms with Crippen molar-refractivity contribution in [2.24, 2.45) is 5.73 Å². The molecule has 1 aromatic carbocycles. The van der Waals surface area contributed by atoms with Gasteiger partial charge in [0.1, 0.15) is 5.75 Å². The van der Waals surface area contributed by atoms with E-state index in [0.717, 1.165) is 17.7 Å². The molecule has 0 spiro atoms. The lowest BCUT2D eigenvalue weighted by molar-refractivity contribution is 0.0758. The molecule has 0 bridgehead atoms. The first-order valence-electron chi connectivity index (χ1n) is 6.14. The monoisotopic (exact) mass is 237 g/mol. The summed E-state index contributed by atoms with van der Waals surface area (Å²) in [5.74, 6) is 0.852. The summed E-state index contributed by atoms with van der Waals surface area (Å²) in [6, 6.07) is 7.74. The van der Waals surface area contributed by atoms with E-state index < -0.39 is 0 Å². The van der Waals surface area contributed by atoms with Gasteiger partial charge >= 0.3 is 0 Å². The van der Waals surface area contributed by atoms with E-state index in [1.165, 1.54) is 0 Å². The number of hydrogen-bond donors (Lipinski definition) is 1. The summed E-state index contributed by atoms with van der Waals surface area (Å²) in [6.45, 7) is 6.09. The molecule has 0 aliphatic rings. The van der Waals surface area contributed by atoms with E-state index in [2.05, 4.69) is 6.92 Å². The second kappa shape index (κ2) is 6.62. The SMILES string of the molecule is CCC(OC)C(N)c1ccccc1OC(C)C. The lowest BCUT2D eigenvalue weighted by atomic mass is 9.99. The smallest absolute Gasteiger partial charge is 0.124 e. The van der Waals surface area contributed by atoms with Crippen LogP contribution < -0.4 is 10.5 Å². The third-order valence-electron chi connectivity index (χ3n) is 2.75. The van der Waals surface area contributed by atoms with Gasteiger partial charge in [0.05, 0.1) is 18.2 Å². The Morgan fingerprint density at radius 1 is 1.24 bits per heavy atom. The number of methoxy groups -OCH3 is 1. The van der Waals surface area contributed by atoms with E-state index in [4.69, 9.17) is 15.2 Å². The Kier molecular flexibility index (Phi) is 5.45. The highest BCUT2D eigenvalue weighted by Gasteiger charge is 2.20. The van der Waals surface area contributed by atoms with Gasteiger partial charge in [0.15, 0.2) is 0 Å². The number of nitrogens with two attached hydrogens (primary N) is 1. The van der Waals surface area contributed by atoms with Gasteiger partial charge < -0.3 is 15.2 Å². The minimum atomic E-state index is -0.153. The van der Waals surface area contributed by atoms with Gasteiger partial charge in [0, 0.05) is 12.7 Å². The Labute approximate surface area is 104 Å². The molecule has 0 fully saturated rings. The summed E-state index contributed by atoms with van der Waals surface area (Å²) < 4.78 is 11.2. The third kappa shape index (κ3) is 3.72. The zero-order valence-electron chi connectivity index (χ0n) is 11.1. The van der Waals surface area contributed by atoms with Gasteiger partial charge in [-0.15, -0.1) is 0 Å². The second-order valence-electron chi connectivity index (χ2n) is 4.41. The molecule has 3 heteroatoms. The molecule has 0 aliphatic heterocycles. The second-order valence-corrected chi connectivity index (χ2v) is 4.41. The molecule has 2 N–H and O–H groups in total. The topological polar surface area (TPSA) is 44.5 Å². The number of benzene rings is 1. The van der Waals surface area contributed by atoms with E-state index in [0.29, 0.717) is 0 Å². The normalized spacial score (nSPS) is 14.7. The highest BCUT2D eigenvalue weighted by molar-refractivity contribution is 5.36. The summed E-state index contributed by atoms with van der Waals surface area (Å²) in [5, 5.41) is 0. The maximum Gasteiger partial charge on any atom is 0.124 e. The molecule has 1 aromatic rings. The van der Waals surface area contributed by atoms with Crippen LogP contribution in [0.25, 0.3) is 0 Å². The van der Waals surface area contributed by atoms with Crippen molar-refractivity contribution >= 4 is 0 Å². The Balaban J connectivity index is 2.95. The zero-order chi connectivity index (χ0) is 12.8. The number of para-hydroxylation sites is 1. The van der Waals surface area contributed by atoms with E-state index >= 15 is 0 Å². The fourth-order valence-electron chi connectivity index (χ4n) is 1.88. The molecule has 0 aromatic heterocycles. The molecule has 0 aliphatic carbocycles. The average Bonchev–Trinajstić information content (AvgIpc) is 2.30. The van der Waals surface area contributed by atoms with Gasteiger partial charge in [-0.05, 0) is 26.3 Å². The van der Waals surface area contributed by atoms with Crippen LogP contribution in [0, 0.1) is 0 Å². The molecule has 0 saturated carbocycles. The number of ether oxygens (including phenoxy) is 2. The van der Waals surface area contributed by atoms with Crippen LogP contribution in [0.4, 0.5) is 0 Å². The van der Waals surface area contributed by atoms with Gasteiger partial charge in [-0.3, -0.25) is 0 Å². The number of rotatable bonds is 6.